The van der Waals surface area contributed by atoms with Gasteiger partial charge in [0.05, 0.1) is 25.0 Å². The van der Waals surface area contributed by atoms with Gasteiger partial charge >= 0.3 is 0 Å². The zero-order valence-corrected chi connectivity index (χ0v) is 17.8. The molecule has 30 heavy (non-hydrogen) atoms. The number of nitrogens with zero attached hydrogens (tertiary/aromatic N) is 1. The van der Waals surface area contributed by atoms with Crippen molar-refractivity contribution in [2.75, 3.05) is 18.5 Å². The Balaban J connectivity index is 1.44. The summed E-state index contributed by atoms with van der Waals surface area (Å²) in [5.41, 5.74) is 0.999. The minimum Gasteiger partial charge on any atom is -0.476 e. The van der Waals surface area contributed by atoms with Crippen LogP contribution in [0.3, 0.4) is 0 Å². The average molecular weight is 432 g/mol. The fourth-order valence-electron chi connectivity index (χ4n) is 3.22. The normalized spacial score (nSPS) is 18.8. The van der Waals surface area contributed by atoms with E-state index in [9.17, 15) is 9.59 Å². The highest BCUT2D eigenvalue weighted by atomic mass is 35.5. The molecule has 0 spiro atoms. The van der Waals surface area contributed by atoms with E-state index >= 15 is 0 Å². The largest absolute Gasteiger partial charge is 0.476 e. The van der Waals surface area contributed by atoms with Crippen molar-refractivity contribution in [3.63, 3.8) is 0 Å². The van der Waals surface area contributed by atoms with E-state index in [-0.39, 0.29) is 29.0 Å². The molecule has 2 amide bonds. The molecule has 1 saturated carbocycles. The standard InChI is InChI=1S/C22H26ClN3O4/c1-14(25-15(2)27)12-29-18-10-16(11-18)13-30-22-20(23)19(8-9-24-22)26-21(28)17-6-4-3-5-7-17/h3-9,14,16,18H,10-13H2,1-2H3,(H,25,27)(H,24,26,28)/t14-,16-,18-/m0/s1. The van der Waals surface area contributed by atoms with Crippen molar-refractivity contribution in [3.05, 3.63) is 53.2 Å². The van der Waals surface area contributed by atoms with Gasteiger partial charge in [0.25, 0.3) is 5.91 Å². The summed E-state index contributed by atoms with van der Waals surface area (Å²) in [4.78, 5) is 27.5. The Labute approximate surface area is 181 Å². The molecule has 1 aliphatic rings. The Bertz CT molecular complexity index is 872. The summed E-state index contributed by atoms with van der Waals surface area (Å²) < 4.78 is 11.6. The van der Waals surface area contributed by atoms with Crippen molar-refractivity contribution >= 4 is 29.1 Å². The van der Waals surface area contributed by atoms with Gasteiger partial charge in [0.15, 0.2) is 0 Å². The third kappa shape index (κ3) is 6.18. The van der Waals surface area contributed by atoms with Crippen molar-refractivity contribution in [2.45, 2.75) is 38.8 Å². The Hall–Kier alpha value is -2.64. The van der Waals surface area contributed by atoms with Crippen LogP contribution in [0.2, 0.25) is 5.02 Å². The van der Waals surface area contributed by atoms with Crippen molar-refractivity contribution in [1.82, 2.24) is 10.3 Å². The van der Waals surface area contributed by atoms with E-state index in [4.69, 9.17) is 21.1 Å². The summed E-state index contributed by atoms with van der Waals surface area (Å²) in [5.74, 6) is 0.345. The van der Waals surface area contributed by atoms with Crippen LogP contribution in [-0.4, -0.2) is 42.2 Å². The molecule has 0 unspecified atom stereocenters. The van der Waals surface area contributed by atoms with Gasteiger partial charge in [0, 0.05) is 24.7 Å². The van der Waals surface area contributed by atoms with Gasteiger partial charge in [-0.05, 0) is 43.9 Å². The smallest absolute Gasteiger partial charge is 0.255 e. The highest BCUT2D eigenvalue weighted by Gasteiger charge is 2.31. The lowest BCUT2D eigenvalue weighted by Crippen LogP contribution is -2.40. The maximum atomic E-state index is 12.3. The van der Waals surface area contributed by atoms with E-state index in [1.807, 2.05) is 13.0 Å². The molecule has 0 radical (unpaired) electrons. The number of nitrogens with one attached hydrogen (secondary N) is 2. The molecule has 1 fully saturated rings. The molecule has 8 heteroatoms. The van der Waals surface area contributed by atoms with Crippen LogP contribution in [0.5, 0.6) is 5.88 Å². The first-order valence-electron chi connectivity index (χ1n) is 9.94. The Kier molecular flexibility index (Phi) is 7.65. The fraction of sp³-hybridized carbons (Fsp3) is 0.409. The number of rotatable bonds is 9. The lowest BCUT2D eigenvalue weighted by molar-refractivity contribution is -0.120. The average Bonchev–Trinajstić information content (AvgIpc) is 2.69. The van der Waals surface area contributed by atoms with E-state index in [0.29, 0.717) is 36.3 Å². The molecule has 0 aliphatic heterocycles. The van der Waals surface area contributed by atoms with Crippen LogP contribution in [0.4, 0.5) is 5.69 Å². The molecule has 0 saturated heterocycles. The van der Waals surface area contributed by atoms with E-state index in [1.165, 1.54) is 6.92 Å². The van der Waals surface area contributed by atoms with Crippen molar-refractivity contribution in [1.29, 1.82) is 0 Å². The van der Waals surface area contributed by atoms with Gasteiger partial charge in [-0.25, -0.2) is 4.98 Å². The number of hydrogen-bond acceptors (Lipinski definition) is 5. The number of halogens is 1. The molecule has 1 aromatic heterocycles. The zero-order chi connectivity index (χ0) is 21.5. The number of aromatic nitrogens is 1. The third-order valence-electron chi connectivity index (χ3n) is 4.82. The lowest BCUT2D eigenvalue weighted by atomic mass is 9.83. The van der Waals surface area contributed by atoms with Crippen LogP contribution in [0.1, 0.15) is 37.0 Å². The van der Waals surface area contributed by atoms with Gasteiger partial charge in [-0.2, -0.15) is 0 Å². The molecule has 7 nitrogen and oxygen atoms in total. The monoisotopic (exact) mass is 431 g/mol. The van der Waals surface area contributed by atoms with E-state index < -0.39 is 0 Å². The van der Waals surface area contributed by atoms with Crippen LogP contribution in [-0.2, 0) is 9.53 Å². The number of carbonyl (C=O) groups excluding carboxylic acids is 2. The topological polar surface area (TPSA) is 89.6 Å². The number of pyridine rings is 1. The minimum absolute atomic E-state index is 0.00496. The number of benzene rings is 1. The molecule has 3 rings (SSSR count). The van der Waals surface area contributed by atoms with Crippen LogP contribution in [0, 0.1) is 5.92 Å². The fourth-order valence-corrected chi connectivity index (χ4v) is 3.43. The van der Waals surface area contributed by atoms with Gasteiger partial charge in [-0.3, -0.25) is 9.59 Å². The van der Waals surface area contributed by atoms with Gasteiger partial charge < -0.3 is 20.1 Å². The van der Waals surface area contributed by atoms with E-state index in [1.54, 1.807) is 36.5 Å². The summed E-state index contributed by atoms with van der Waals surface area (Å²) in [7, 11) is 0. The second-order valence-corrected chi connectivity index (χ2v) is 7.88. The first-order valence-corrected chi connectivity index (χ1v) is 10.3. The first-order chi connectivity index (χ1) is 14.4. The minimum atomic E-state index is -0.248. The van der Waals surface area contributed by atoms with E-state index in [2.05, 4.69) is 15.6 Å². The van der Waals surface area contributed by atoms with Crippen LogP contribution >= 0.6 is 11.6 Å². The maximum Gasteiger partial charge on any atom is 0.255 e. The maximum absolute atomic E-state index is 12.3. The van der Waals surface area contributed by atoms with Gasteiger partial charge in [-0.15, -0.1) is 0 Å². The molecule has 1 aromatic carbocycles. The molecule has 2 aromatic rings. The first kappa shape index (κ1) is 22.1. The van der Waals surface area contributed by atoms with Crippen molar-refractivity contribution in [3.8, 4) is 5.88 Å². The molecular weight excluding hydrogens is 406 g/mol. The molecule has 1 heterocycles. The molecule has 1 atom stereocenters. The SMILES string of the molecule is CC(=O)N[C@@H](C)CO[C@H]1C[C@H](COc2nccc(NC(=O)c3ccccc3)c2Cl)C1. The van der Waals surface area contributed by atoms with Crippen LogP contribution in [0.25, 0.3) is 0 Å². The summed E-state index contributed by atoms with van der Waals surface area (Å²) in [5, 5.41) is 5.86. The Morgan fingerprint density at radius 1 is 1.23 bits per heavy atom. The van der Waals surface area contributed by atoms with Crippen molar-refractivity contribution in [2.24, 2.45) is 5.92 Å². The Morgan fingerprint density at radius 3 is 2.67 bits per heavy atom. The summed E-state index contributed by atoms with van der Waals surface area (Å²) in [6.07, 6.45) is 3.50. The number of anilines is 1. The lowest BCUT2D eigenvalue weighted by Gasteiger charge is -2.35. The van der Waals surface area contributed by atoms with Gasteiger partial charge in [-0.1, -0.05) is 29.8 Å². The van der Waals surface area contributed by atoms with E-state index in [0.717, 1.165) is 12.8 Å². The second kappa shape index (κ2) is 10.4. The number of carbonyl (C=O) groups is 2. The van der Waals surface area contributed by atoms with Crippen LogP contribution in [0.15, 0.2) is 42.6 Å². The zero-order valence-electron chi connectivity index (χ0n) is 17.1. The molecular formula is C22H26ClN3O4. The highest BCUT2D eigenvalue weighted by molar-refractivity contribution is 6.35. The van der Waals surface area contributed by atoms with Gasteiger partial charge in [0.1, 0.15) is 5.02 Å². The number of hydrogen-bond donors (Lipinski definition) is 2. The second-order valence-electron chi connectivity index (χ2n) is 7.50. The highest BCUT2D eigenvalue weighted by Crippen LogP contribution is 2.34. The molecule has 160 valence electrons. The number of amides is 2. The number of ether oxygens (including phenoxy) is 2. The van der Waals surface area contributed by atoms with Crippen molar-refractivity contribution < 1.29 is 19.1 Å². The molecule has 2 N–H and O–H groups in total. The van der Waals surface area contributed by atoms with Crippen LogP contribution < -0.4 is 15.4 Å². The quantitative estimate of drug-likeness (QED) is 0.632. The summed E-state index contributed by atoms with van der Waals surface area (Å²) in [6.45, 7) is 4.38. The Morgan fingerprint density at radius 2 is 1.97 bits per heavy atom. The summed E-state index contributed by atoms with van der Waals surface area (Å²) >= 11 is 6.38. The summed E-state index contributed by atoms with van der Waals surface area (Å²) in [6, 6.07) is 10.5. The predicted molar refractivity (Wildman–Crippen MR) is 115 cm³/mol. The molecule has 1 aliphatic carbocycles. The predicted octanol–water partition coefficient (Wildman–Crippen LogP) is 3.69. The van der Waals surface area contributed by atoms with Gasteiger partial charge in [0.2, 0.25) is 11.8 Å². The third-order valence-corrected chi connectivity index (χ3v) is 5.19. The molecule has 0 bridgehead atoms.